The highest BCUT2D eigenvalue weighted by molar-refractivity contribution is 6.46. The predicted octanol–water partition coefficient (Wildman–Crippen LogP) is 2.86. The number of carbonyl (C=O) groups is 1. The first-order valence-electron chi connectivity index (χ1n) is 8.95. The molecule has 1 aromatic carbocycles. The fraction of sp³-hybridized carbons (Fsp3) is 0.400. The average Bonchev–Trinajstić information content (AvgIpc) is 2.65. The quantitative estimate of drug-likeness (QED) is 0.582. The van der Waals surface area contributed by atoms with Gasteiger partial charge in [-0.3, -0.25) is 4.79 Å². The number of nitrogens with zero attached hydrogens (tertiary/aromatic N) is 4. The van der Waals surface area contributed by atoms with Crippen LogP contribution in [0.15, 0.2) is 29.4 Å². The van der Waals surface area contributed by atoms with E-state index in [1.165, 1.54) is 14.2 Å². The number of carbonyl (C=O) groups excluding carboxylic acids is 1. The zero-order valence-electron chi connectivity index (χ0n) is 17.4. The van der Waals surface area contributed by atoms with Crippen molar-refractivity contribution in [2.75, 3.05) is 33.2 Å². The van der Waals surface area contributed by atoms with E-state index in [-0.39, 0.29) is 11.6 Å². The van der Waals surface area contributed by atoms with E-state index in [0.29, 0.717) is 28.9 Å². The molecule has 1 amide bonds. The summed E-state index contributed by atoms with van der Waals surface area (Å²) in [6.45, 7) is 5.98. The van der Waals surface area contributed by atoms with E-state index in [0.717, 1.165) is 5.56 Å². The maximum absolute atomic E-state index is 12.5. The molecule has 8 nitrogen and oxygen atoms in total. The third kappa shape index (κ3) is 4.76. The maximum Gasteiger partial charge on any atom is 0.274 e. The summed E-state index contributed by atoms with van der Waals surface area (Å²) in [5, 5.41) is 6.47. The van der Waals surface area contributed by atoms with E-state index in [1.54, 1.807) is 11.8 Å². The first-order chi connectivity index (χ1) is 13.3. The van der Waals surface area contributed by atoms with Crippen LogP contribution in [0.5, 0.6) is 11.6 Å². The number of oxime groups is 1. The fourth-order valence-electron chi connectivity index (χ4n) is 2.60. The molecule has 0 atom stereocenters. The molecule has 0 fully saturated rings. The largest absolute Gasteiger partial charge is 0.438 e. The molecule has 2 aromatic rings. The number of nitrogens with one attached hydrogen (secondary N) is 1. The third-order valence-electron chi connectivity index (χ3n) is 3.99. The number of anilines is 1. The van der Waals surface area contributed by atoms with Crippen molar-refractivity contribution in [2.24, 2.45) is 5.16 Å². The van der Waals surface area contributed by atoms with Gasteiger partial charge in [0.25, 0.3) is 5.91 Å². The second-order valence-electron chi connectivity index (χ2n) is 6.70. The van der Waals surface area contributed by atoms with Gasteiger partial charge in [-0.25, -0.2) is 4.98 Å². The van der Waals surface area contributed by atoms with Gasteiger partial charge in [0.15, 0.2) is 5.71 Å². The molecule has 0 unspecified atom stereocenters. The highest BCUT2D eigenvalue weighted by atomic mass is 16.6. The van der Waals surface area contributed by atoms with Crippen LogP contribution < -0.4 is 15.0 Å². The van der Waals surface area contributed by atoms with E-state index in [4.69, 9.17) is 9.57 Å². The van der Waals surface area contributed by atoms with Gasteiger partial charge < -0.3 is 19.8 Å². The normalized spacial score (nSPS) is 11.4. The first kappa shape index (κ1) is 21.1. The van der Waals surface area contributed by atoms with Crippen LogP contribution >= 0.6 is 0 Å². The Hall–Kier alpha value is -3.16. The van der Waals surface area contributed by atoms with E-state index in [1.807, 2.05) is 38.4 Å². The van der Waals surface area contributed by atoms with Crippen molar-refractivity contribution >= 4 is 17.4 Å². The van der Waals surface area contributed by atoms with Gasteiger partial charge in [0, 0.05) is 21.1 Å². The monoisotopic (exact) mass is 385 g/mol. The van der Waals surface area contributed by atoms with Gasteiger partial charge in [-0.05, 0) is 30.5 Å². The Balaban J connectivity index is 2.67. The molecule has 0 aliphatic carbocycles. The second-order valence-corrected chi connectivity index (χ2v) is 6.70. The number of amides is 1. The molecule has 0 aliphatic rings. The number of rotatable bonds is 7. The predicted molar refractivity (Wildman–Crippen MR) is 109 cm³/mol. The smallest absolute Gasteiger partial charge is 0.274 e. The minimum atomic E-state index is -0.432. The lowest BCUT2D eigenvalue weighted by Crippen LogP contribution is -2.31. The molecule has 1 N–H and O–H groups in total. The summed E-state index contributed by atoms with van der Waals surface area (Å²) in [6.07, 6.45) is 0. The number of ether oxygens (including phenoxy) is 1. The minimum absolute atomic E-state index is 0.0312. The molecule has 0 saturated carbocycles. The van der Waals surface area contributed by atoms with Crippen LogP contribution in [0.25, 0.3) is 0 Å². The third-order valence-corrected chi connectivity index (χ3v) is 3.99. The minimum Gasteiger partial charge on any atom is -0.438 e. The summed E-state index contributed by atoms with van der Waals surface area (Å²) in [4.78, 5) is 28.0. The van der Waals surface area contributed by atoms with Crippen molar-refractivity contribution in [3.05, 3.63) is 41.2 Å². The number of benzene rings is 1. The first-order valence-corrected chi connectivity index (χ1v) is 8.95. The topological polar surface area (TPSA) is 88.9 Å². The Kier molecular flexibility index (Phi) is 6.92. The second kappa shape index (κ2) is 9.16. The lowest BCUT2D eigenvalue weighted by molar-refractivity contribution is -0.114. The summed E-state index contributed by atoms with van der Waals surface area (Å²) >= 11 is 0. The van der Waals surface area contributed by atoms with Crippen molar-refractivity contribution in [1.82, 2.24) is 15.3 Å². The number of hydrogen-bond donors (Lipinski definition) is 1. The van der Waals surface area contributed by atoms with Gasteiger partial charge in [-0.2, -0.15) is 4.98 Å². The lowest BCUT2D eigenvalue weighted by Gasteiger charge is -2.20. The van der Waals surface area contributed by atoms with Crippen LogP contribution in [-0.2, 0) is 9.63 Å². The van der Waals surface area contributed by atoms with Crippen molar-refractivity contribution < 1.29 is 14.4 Å². The highest BCUT2D eigenvalue weighted by Crippen LogP contribution is 2.31. The average molecular weight is 385 g/mol. The molecule has 150 valence electrons. The Morgan fingerprint density at radius 3 is 2.54 bits per heavy atom. The van der Waals surface area contributed by atoms with Gasteiger partial charge in [-0.1, -0.05) is 31.1 Å². The number of aromatic nitrogens is 2. The molecule has 0 radical (unpaired) electrons. The van der Waals surface area contributed by atoms with Crippen molar-refractivity contribution in [3.63, 3.8) is 0 Å². The molecule has 1 heterocycles. The Morgan fingerprint density at radius 2 is 1.96 bits per heavy atom. The van der Waals surface area contributed by atoms with Gasteiger partial charge >= 0.3 is 0 Å². The Bertz CT molecular complexity index is 878. The highest BCUT2D eigenvalue weighted by Gasteiger charge is 2.27. The number of hydrogen-bond acceptors (Lipinski definition) is 7. The van der Waals surface area contributed by atoms with Crippen LogP contribution in [0.2, 0.25) is 0 Å². The van der Waals surface area contributed by atoms with Gasteiger partial charge in [0.2, 0.25) is 5.88 Å². The van der Waals surface area contributed by atoms with E-state index < -0.39 is 5.91 Å². The van der Waals surface area contributed by atoms with Crippen molar-refractivity contribution in [1.29, 1.82) is 0 Å². The molecular weight excluding hydrogens is 358 g/mol. The Labute approximate surface area is 165 Å². The molecular formula is C20H27N5O3. The van der Waals surface area contributed by atoms with Crippen LogP contribution in [0.4, 0.5) is 5.82 Å². The van der Waals surface area contributed by atoms with Crippen LogP contribution in [0, 0.1) is 6.92 Å². The van der Waals surface area contributed by atoms with Crippen LogP contribution in [0.1, 0.15) is 36.7 Å². The van der Waals surface area contributed by atoms with E-state index in [2.05, 4.69) is 34.3 Å². The zero-order chi connectivity index (χ0) is 20.8. The zero-order valence-corrected chi connectivity index (χ0v) is 17.4. The summed E-state index contributed by atoms with van der Waals surface area (Å²) < 4.78 is 6.10. The van der Waals surface area contributed by atoms with E-state index >= 15 is 0 Å². The van der Waals surface area contributed by atoms with Gasteiger partial charge in [-0.15, -0.1) is 0 Å². The van der Waals surface area contributed by atoms with Crippen molar-refractivity contribution in [2.45, 2.75) is 26.7 Å². The molecule has 2 rings (SSSR count). The molecule has 1 aromatic heterocycles. The summed E-state index contributed by atoms with van der Waals surface area (Å²) in [5.41, 5.74) is 1.52. The maximum atomic E-state index is 12.5. The molecule has 0 bridgehead atoms. The number of aryl methyl sites for hydroxylation is 1. The Morgan fingerprint density at radius 1 is 1.25 bits per heavy atom. The summed E-state index contributed by atoms with van der Waals surface area (Å²) in [7, 11) is 6.54. The SMILES string of the molecule is CNC(=O)C(=NOC)c1c(Oc2cccc(C(C)C)c2)nc(C)nc1N(C)C. The standard InChI is InChI=1S/C20H27N5O3/c1-12(2)14-9-8-10-15(11-14)28-20-16(17(24-27-7)19(26)21-4)18(25(5)6)22-13(3)23-20/h8-12H,1-7H3,(H,21,26). The number of likely N-dealkylation sites (N-methyl/N-ethyl adjacent to an activating group) is 1. The fourth-order valence-corrected chi connectivity index (χ4v) is 2.60. The van der Waals surface area contributed by atoms with E-state index in [9.17, 15) is 4.79 Å². The molecule has 0 aliphatic heterocycles. The molecule has 8 heteroatoms. The van der Waals surface area contributed by atoms with Gasteiger partial charge in [0.1, 0.15) is 30.1 Å². The summed E-state index contributed by atoms with van der Waals surface area (Å²) in [5.74, 6) is 1.78. The summed E-state index contributed by atoms with van der Waals surface area (Å²) in [6, 6.07) is 7.76. The molecule has 28 heavy (non-hydrogen) atoms. The van der Waals surface area contributed by atoms with Crippen LogP contribution in [0.3, 0.4) is 0 Å². The lowest BCUT2D eigenvalue weighted by atomic mass is 10.0. The van der Waals surface area contributed by atoms with Gasteiger partial charge in [0.05, 0.1) is 0 Å². The molecule has 0 spiro atoms. The van der Waals surface area contributed by atoms with Crippen molar-refractivity contribution in [3.8, 4) is 11.6 Å². The molecule has 0 saturated heterocycles. The van der Waals surface area contributed by atoms with Crippen LogP contribution in [-0.4, -0.2) is 49.8 Å².